The van der Waals surface area contributed by atoms with E-state index in [2.05, 4.69) is 25.1 Å². The number of hydrogen-bond acceptors (Lipinski definition) is 7. The van der Waals surface area contributed by atoms with E-state index in [1.54, 1.807) is 6.92 Å². The number of fused-ring (bicyclic) bond motifs is 5. The fourth-order valence-corrected chi connectivity index (χ4v) is 8.58. The van der Waals surface area contributed by atoms with Gasteiger partial charge in [-0.15, -0.1) is 0 Å². The van der Waals surface area contributed by atoms with E-state index in [1.165, 1.54) is 12.5 Å². The van der Waals surface area contributed by atoms with E-state index in [0.717, 1.165) is 44.9 Å². The Morgan fingerprint density at radius 2 is 1.94 bits per heavy atom. The Bertz CT molecular complexity index is 944. The fraction of sp³-hybridized carbons (Fsp3) is 0.815. The average molecular weight is 489 g/mol. The molecule has 0 N–H and O–H groups in total. The SMILES string of the molecule is CCC(=O)O/N=C(/C)[C@H]1[C@H](C[N+](=O)[O-])C[C@H]2[C@@H]3CC=C4C[C@@H](OC(C)=O)CC[C@]4(C)[C@H]3CC[C@@]21C. The number of esters is 1. The molecule has 8 atom stereocenters. The summed E-state index contributed by atoms with van der Waals surface area (Å²) in [6.45, 7) is 9.68. The van der Waals surface area contributed by atoms with Crippen LogP contribution in [0.25, 0.3) is 0 Å². The van der Waals surface area contributed by atoms with Gasteiger partial charge in [0.05, 0.1) is 5.71 Å². The second kappa shape index (κ2) is 9.66. The van der Waals surface area contributed by atoms with Gasteiger partial charge in [-0.3, -0.25) is 14.9 Å². The van der Waals surface area contributed by atoms with Crippen molar-refractivity contribution in [2.24, 2.45) is 45.6 Å². The van der Waals surface area contributed by atoms with Crippen molar-refractivity contribution in [1.82, 2.24) is 0 Å². The smallest absolute Gasteiger partial charge is 0.334 e. The standard InChI is InChI=1S/C27H40N2O6/c1-6-24(31)35-28-16(2)25-18(15-29(32)33)13-23-21-8-7-19-14-20(34-17(3)30)9-11-26(19,4)22(21)10-12-27(23,25)5/h7,18,20-23,25H,6,8-15H2,1-5H3/b28-16-/t18-,20-,21+,22-,23-,25-,26-,27-/m0/s1. The first-order chi connectivity index (χ1) is 16.5. The first-order valence-electron chi connectivity index (χ1n) is 13.2. The number of allylic oxidation sites excluding steroid dienone is 1. The molecule has 0 spiro atoms. The molecule has 4 aliphatic rings. The molecular weight excluding hydrogens is 448 g/mol. The van der Waals surface area contributed by atoms with Crippen molar-refractivity contribution in [3.05, 3.63) is 21.8 Å². The molecule has 4 aliphatic carbocycles. The summed E-state index contributed by atoms with van der Waals surface area (Å²) in [5.41, 5.74) is 2.13. The Morgan fingerprint density at radius 3 is 2.60 bits per heavy atom. The van der Waals surface area contributed by atoms with Crippen molar-refractivity contribution in [3.63, 3.8) is 0 Å². The number of carbonyl (C=O) groups is 2. The van der Waals surface area contributed by atoms with Crippen molar-refractivity contribution < 1.29 is 24.1 Å². The zero-order valence-corrected chi connectivity index (χ0v) is 21.7. The third-order valence-electron chi connectivity index (χ3n) is 9.98. The Morgan fingerprint density at radius 1 is 1.20 bits per heavy atom. The van der Waals surface area contributed by atoms with Crippen LogP contribution in [-0.2, 0) is 19.2 Å². The van der Waals surface area contributed by atoms with Gasteiger partial charge in [-0.2, -0.15) is 0 Å². The molecule has 0 aromatic rings. The summed E-state index contributed by atoms with van der Waals surface area (Å²) in [4.78, 5) is 39.7. The van der Waals surface area contributed by atoms with Crippen LogP contribution in [0.2, 0.25) is 0 Å². The van der Waals surface area contributed by atoms with Gasteiger partial charge in [-0.1, -0.05) is 37.6 Å². The van der Waals surface area contributed by atoms with Crippen LogP contribution < -0.4 is 0 Å². The average Bonchev–Trinajstić information content (AvgIpc) is 3.08. The second-order valence-electron chi connectivity index (χ2n) is 11.8. The number of nitro groups is 1. The lowest BCUT2D eigenvalue weighted by atomic mass is 9.47. The van der Waals surface area contributed by atoms with Crippen molar-refractivity contribution in [2.45, 2.75) is 92.1 Å². The van der Waals surface area contributed by atoms with Crippen molar-refractivity contribution in [1.29, 1.82) is 0 Å². The quantitative estimate of drug-likeness (QED) is 0.125. The minimum atomic E-state index is -0.388. The van der Waals surface area contributed by atoms with E-state index in [-0.39, 0.29) is 58.6 Å². The van der Waals surface area contributed by atoms with Gasteiger partial charge >= 0.3 is 11.9 Å². The highest BCUT2D eigenvalue weighted by Crippen LogP contribution is 2.67. The van der Waals surface area contributed by atoms with Gasteiger partial charge in [0.15, 0.2) is 0 Å². The van der Waals surface area contributed by atoms with Crippen molar-refractivity contribution >= 4 is 17.7 Å². The number of oxime groups is 1. The van der Waals surface area contributed by atoms with E-state index in [1.807, 2.05) is 6.92 Å². The molecule has 0 aromatic heterocycles. The molecule has 0 saturated heterocycles. The molecule has 194 valence electrons. The van der Waals surface area contributed by atoms with E-state index in [4.69, 9.17) is 9.57 Å². The Kier molecular flexibility index (Phi) is 7.13. The maximum atomic E-state index is 11.7. The van der Waals surface area contributed by atoms with E-state index in [9.17, 15) is 19.7 Å². The monoisotopic (exact) mass is 488 g/mol. The minimum absolute atomic E-state index is 0.0257. The molecule has 0 aromatic carbocycles. The zero-order valence-electron chi connectivity index (χ0n) is 21.7. The predicted molar refractivity (Wildman–Crippen MR) is 131 cm³/mol. The Balaban J connectivity index is 1.62. The molecular formula is C27H40N2O6. The van der Waals surface area contributed by atoms with Crippen molar-refractivity contribution in [2.75, 3.05) is 6.54 Å². The summed E-state index contributed by atoms with van der Waals surface area (Å²) < 4.78 is 5.55. The molecule has 3 fully saturated rings. The molecule has 8 heteroatoms. The molecule has 35 heavy (non-hydrogen) atoms. The Labute approximate surface area is 208 Å². The van der Waals surface area contributed by atoms with Crippen LogP contribution in [0.15, 0.2) is 16.8 Å². The van der Waals surface area contributed by atoms with Gasteiger partial charge < -0.3 is 9.57 Å². The highest BCUT2D eigenvalue weighted by molar-refractivity contribution is 5.86. The third-order valence-corrected chi connectivity index (χ3v) is 9.98. The van der Waals surface area contributed by atoms with Gasteiger partial charge in [0, 0.05) is 36.5 Å². The Hall–Kier alpha value is -2.25. The molecule has 3 saturated carbocycles. The zero-order chi connectivity index (χ0) is 25.5. The van der Waals surface area contributed by atoms with Crippen LogP contribution in [0, 0.1) is 50.5 Å². The molecule has 0 aliphatic heterocycles. The summed E-state index contributed by atoms with van der Waals surface area (Å²) >= 11 is 0. The first kappa shape index (κ1) is 25.8. The number of carbonyl (C=O) groups excluding carboxylic acids is 2. The first-order valence-corrected chi connectivity index (χ1v) is 13.2. The van der Waals surface area contributed by atoms with Crippen molar-refractivity contribution in [3.8, 4) is 0 Å². The summed E-state index contributed by atoms with van der Waals surface area (Å²) in [5, 5.41) is 15.8. The van der Waals surface area contributed by atoms with Gasteiger partial charge in [0.25, 0.3) is 0 Å². The topological polar surface area (TPSA) is 108 Å². The number of ether oxygens (including phenoxy) is 1. The van der Waals surface area contributed by atoms with Crippen LogP contribution in [-0.4, -0.2) is 35.2 Å². The minimum Gasteiger partial charge on any atom is -0.462 e. The molecule has 0 amide bonds. The van der Waals surface area contributed by atoms with E-state index >= 15 is 0 Å². The summed E-state index contributed by atoms with van der Waals surface area (Å²) in [5.74, 6) is 0.589. The van der Waals surface area contributed by atoms with Gasteiger partial charge in [-0.05, 0) is 74.0 Å². The van der Waals surface area contributed by atoms with Crippen LogP contribution in [0.5, 0.6) is 0 Å². The van der Waals surface area contributed by atoms with E-state index in [0.29, 0.717) is 23.5 Å². The van der Waals surface area contributed by atoms with Gasteiger partial charge in [0.1, 0.15) is 6.10 Å². The number of rotatable bonds is 6. The molecule has 0 bridgehead atoms. The number of nitrogens with zero attached hydrogens (tertiary/aromatic N) is 2. The third kappa shape index (κ3) is 4.65. The van der Waals surface area contributed by atoms with Crippen LogP contribution in [0.4, 0.5) is 0 Å². The summed E-state index contributed by atoms with van der Waals surface area (Å²) in [7, 11) is 0. The van der Waals surface area contributed by atoms with Crippen LogP contribution in [0.3, 0.4) is 0 Å². The normalized spacial score (nSPS) is 40.6. The molecule has 0 radical (unpaired) electrons. The lowest BCUT2D eigenvalue weighted by Gasteiger charge is -2.58. The molecule has 0 heterocycles. The molecule has 4 rings (SSSR count). The maximum Gasteiger partial charge on any atom is 0.334 e. The largest absolute Gasteiger partial charge is 0.462 e. The molecule has 0 unspecified atom stereocenters. The summed E-state index contributed by atoms with van der Waals surface area (Å²) in [6, 6.07) is 0. The fourth-order valence-electron chi connectivity index (χ4n) is 8.58. The van der Waals surface area contributed by atoms with Crippen LogP contribution >= 0.6 is 0 Å². The second-order valence-corrected chi connectivity index (χ2v) is 11.8. The van der Waals surface area contributed by atoms with Crippen LogP contribution in [0.1, 0.15) is 86.0 Å². The lowest BCUT2D eigenvalue weighted by molar-refractivity contribution is -0.489. The highest BCUT2D eigenvalue weighted by atomic mass is 16.7. The highest BCUT2D eigenvalue weighted by Gasteiger charge is 2.62. The van der Waals surface area contributed by atoms with E-state index < -0.39 is 0 Å². The molecule has 8 nitrogen and oxygen atoms in total. The summed E-state index contributed by atoms with van der Waals surface area (Å²) in [6.07, 6.45) is 9.18. The van der Waals surface area contributed by atoms with Gasteiger partial charge in [-0.25, -0.2) is 4.79 Å². The predicted octanol–water partition coefficient (Wildman–Crippen LogP) is 5.33. The lowest BCUT2D eigenvalue weighted by Crippen LogP contribution is -2.51. The maximum absolute atomic E-state index is 11.7. The number of hydrogen-bond donors (Lipinski definition) is 0. The van der Waals surface area contributed by atoms with Gasteiger partial charge in [0.2, 0.25) is 6.54 Å².